The predicted molar refractivity (Wildman–Crippen MR) is 43.7 cm³/mol. The average Bonchev–Trinajstić information content (AvgIpc) is 2.58. The highest BCUT2D eigenvalue weighted by Gasteiger charge is 2.60. The first-order chi connectivity index (χ1) is 4.55. The van der Waals surface area contributed by atoms with Gasteiger partial charge in [0.15, 0.2) is 0 Å². The zero-order chi connectivity index (χ0) is 7.52. The molecule has 58 valence electrons. The van der Waals surface area contributed by atoms with E-state index in [4.69, 9.17) is 0 Å². The van der Waals surface area contributed by atoms with Crippen molar-refractivity contribution in [1.82, 2.24) is 0 Å². The lowest BCUT2D eigenvalue weighted by molar-refractivity contribution is 0.196. The molecule has 0 spiro atoms. The van der Waals surface area contributed by atoms with Gasteiger partial charge in [-0.3, -0.25) is 0 Å². The van der Waals surface area contributed by atoms with Gasteiger partial charge in [0.05, 0.1) is 0 Å². The lowest BCUT2D eigenvalue weighted by atomic mass is 9.76. The second kappa shape index (κ2) is 1.60. The predicted octanol–water partition coefficient (Wildman–Crippen LogP) is 2.93. The normalized spacial score (nSPS) is 56.4. The third-order valence-corrected chi connectivity index (χ3v) is 4.43. The van der Waals surface area contributed by atoms with Gasteiger partial charge in [0.1, 0.15) is 0 Å². The molecule has 2 rings (SSSR count). The van der Waals surface area contributed by atoms with Crippen LogP contribution in [0.25, 0.3) is 0 Å². The Morgan fingerprint density at radius 2 is 1.80 bits per heavy atom. The summed E-state index contributed by atoms with van der Waals surface area (Å²) in [5.74, 6) is 4.14. The van der Waals surface area contributed by atoms with Gasteiger partial charge in [0, 0.05) is 0 Å². The molecule has 0 radical (unpaired) electrons. The highest BCUT2D eigenvalue weighted by molar-refractivity contribution is 5.08. The Bertz CT molecular complexity index is 155. The van der Waals surface area contributed by atoms with Gasteiger partial charge in [-0.05, 0) is 35.5 Å². The van der Waals surface area contributed by atoms with E-state index in [9.17, 15) is 0 Å². The number of hydrogen-bond donors (Lipinski definition) is 0. The zero-order valence-corrected chi connectivity index (χ0v) is 7.52. The molecule has 0 nitrogen and oxygen atoms in total. The molecule has 10 heavy (non-hydrogen) atoms. The standard InChI is InChI=1S/C10H18/c1-6-7(2)10(3,4)9-5-8(6)9/h6-9H,5H2,1-4H3. The van der Waals surface area contributed by atoms with Crippen molar-refractivity contribution in [3.8, 4) is 0 Å². The van der Waals surface area contributed by atoms with Gasteiger partial charge in [0.2, 0.25) is 0 Å². The maximum atomic E-state index is 2.45. The van der Waals surface area contributed by atoms with E-state index < -0.39 is 0 Å². The van der Waals surface area contributed by atoms with Crippen LogP contribution in [0.15, 0.2) is 0 Å². The molecule has 0 aliphatic heterocycles. The largest absolute Gasteiger partial charge is 0.0620 e. The number of fused-ring (bicyclic) bond motifs is 1. The Morgan fingerprint density at radius 1 is 1.20 bits per heavy atom. The van der Waals surface area contributed by atoms with Crippen LogP contribution >= 0.6 is 0 Å². The lowest BCUT2D eigenvalue weighted by Crippen LogP contribution is -2.22. The van der Waals surface area contributed by atoms with E-state index in [2.05, 4.69) is 27.7 Å². The van der Waals surface area contributed by atoms with Crippen molar-refractivity contribution in [3.63, 3.8) is 0 Å². The van der Waals surface area contributed by atoms with Gasteiger partial charge in [-0.15, -0.1) is 0 Å². The highest BCUT2D eigenvalue weighted by atomic mass is 14.6. The smallest absolute Gasteiger partial charge is 0.0295 e. The van der Waals surface area contributed by atoms with Gasteiger partial charge >= 0.3 is 0 Å². The molecular weight excluding hydrogens is 120 g/mol. The van der Waals surface area contributed by atoms with Crippen molar-refractivity contribution in [2.24, 2.45) is 29.1 Å². The van der Waals surface area contributed by atoms with Crippen molar-refractivity contribution in [3.05, 3.63) is 0 Å². The quantitative estimate of drug-likeness (QED) is 0.483. The zero-order valence-electron chi connectivity index (χ0n) is 7.52. The summed E-state index contributed by atoms with van der Waals surface area (Å²) in [6.07, 6.45) is 1.53. The van der Waals surface area contributed by atoms with Crippen LogP contribution < -0.4 is 0 Å². The van der Waals surface area contributed by atoms with E-state index >= 15 is 0 Å². The summed E-state index contributed by atoms with van der Waals surface area (Å²) in [4.78, 5) is 0. The average molecular weight is 138 g/mol. The van der Waals surface area contributed by atoms with Crippen molar-refractivity contribution in [2.75, 3.05) is 0 Å². The summed E-state index contributed by atoms with van der Waals surface area (Å²) in [5.41, 5.74) is 0.657. The fourth-order valence-corrected chi connectivity index (χ4v) is 3.04. The minimum Gasteiger partial charge on any atom is -0.0620 e. The Labute approximate surface area is 64.0 Å². The van der Waals surface area contributed by atoms with E-state index in [1.165, 1.54) is 6.42 Å². The number of rotatable bonds is 0. The molecule has 0 amide bonds. The molecule has 2 fully saturated rings. The van der Waals surface area contributed by atoms with Crippen molar-refractivity contribution in [2.45, 2.75) is 34.1 Å². The summed E-state index contributed by atoms with van der Waals surface area (Å²) in [6, 6.07) is 0. The van der Waals surface area contributed by atoms with Crippen molar-refractivity contribution >= 4 is 0 Å². The summed E-state index contributed by atoms with van der Waals surface area (Å²) in [5, 5.41) is 0. The summed E-state index contributed by atoms with van der Waals surface area (Å²) >= 11 is 0. The summed E-state index contributed by atoms with van der Waals surface area (Å²) in [7, 11) is 0. The first kappa shape index (κ1) is 6.69. The van der Waals surface area contributed by atoms with Crippen LogP contribution in [-0.4, -0.2) is 0 Å². The van der Waals surface area contributed by atoms with E-state index in [1.54, 1.807) is 0 Å². The summed E-state index contributed by atoms with van der Waals surface area (Å²) in [6.45, 7) is 9.76. The highest BCUT2D eigenvalue weighted by Crippen LogP contribution is 2.66. The molecule has 4 atom stereocenters. The maximum absolute atomic E-state index is 2.45. The van der Waals surface area contributed by atoms with Gasteiger partial charge < -0.3 is 0 Å². The molecule has 2 aliphatic carbocycles. The van der Waals surface area contributed by atoms with Crippen molar-refractivity contribution < 1.29 is 0 Å². The molecule has 0 N–H and O–H groups in total. The Hall–Kier alpha value is 0. The molecule has 0 aromatic heterocycles. The first-order valence-corrected chi connectivity index (χ1v) is 4.55. The minimum absolute atomic E-state index is 0.657. The summed E-state index contributed by atoms with van der Waals surface area (Å²) < 4.78 is 0. The topological polar surface area (TPSA) is 0 Å². The second-order valence-electron chi connectivity index (χ2n) is 4.98. The third-order valence-electron chi connectivity index (χ3n) is 4.43. The maximum Gasteiger partial charge on any atom is -0.0295 e. The van der Waals surface area contributed by atoms with Crippen LogP contribution in [0.5, 0.6) is 0 Å². The third kappa shape index (κ3) is 0.580. The molecule has 2 aliphatic rings. The van der Waals surface area contributed by atoms with Gasteiger partial charge in [-0.2, -0.15) is 0 Å². The fourth-order valence-electron chi connectivity index (χ4n) is 3.04. The van der Waals surface area contributed by atoms with Crippen LogP contribution in [0.3, 0.4) is 0 Å². The van der Waals surface area contributed by atoms with Crippen LogP contribution in [0.2, 0.25) is 0 Å². The first-order valence-electron chi connectivity index (χ1n) is 4.55. The van der Waals surface area contributed by atoms with Crippen LogP contribution in [0.1, 0.15) is 34.1 Å². The molecule has 0 heteroatoms. The van der Waals surface area contributed by atoms with E-state index in [1.807, 2.05) is 0 Å². The minimum atomic E-state index is 0.657. The molecular formula is C10H18. The van der Waals surface area contributed by atoms with E-state index in [0.29, 0.717) is 5.41 Å². The lowest BCUT2D eigenvalue weighted by Gasteiger charge is -2.29. The Morgan fingerprint density at radius 3 is 2.00 bits per heavy atom. The second-order valence-corrected chi connectivity index (χ2v) is 4.98. The fraction of sp³-hybridized carbons (Fsp3) is 1.00. The van der Waals surface area contributed by atoms with Gasteiger partial charge in [-0.1, -0.05) is 27.7 Å². The Balaban J connectivity index is 2.24. The molecule has 0 bridgehead atoms. The van der Waals surface area contributed by atoms with Crippen LogP contribution in [-0.2, 0) is 0 Å². The Kier molecular flexibility index (Phi) is 1.07. The molecule has 2 saturated carbocycles. The van der Waals surface area contributed by atoms with Crippen LogP contribution in [0, 0.1) is 29.1 Å². The monoisotopic (exact) mass is 138 g/mol. The SMILES string of the molecule is CC1C2CC2C(C)(C)C1C. The van der Waals surface area contributed by atoms with E-state index in [-0.39, 0.29) is 0 Å². The molecule has 0 aromatic carbocycles. The number of hydrogen-bond acceptors (Lipinski definition) is 0. The van der Waals surface area contributed by atoms with Gasteiger partial charge in [-0.25, -0.2) is 0 Å². The molecule has 0 heterocycles. The van der Waals surface area contributed by atoms with Crippen LogP contribution in [0.4, 0.5) is 0 Å². The molecule has 0 saturated heterocycles. The van der Waals surface area contributed by atoms with Crippen molar-refractivity contribution in [1.29, 1.82) is 0 Å². The van der Waals surface area contributed by atoms with Gasteiger partial charge in [0.25, 0.3) is 0 Å². The molecule has 4 unspecified atom stereocenters. The van der Waals surface area contributed by atoms with E-state index in [0.717, 1.165) is 23.7 Å². The molecule has 0 aromatic rings.